The van der Waals surface area contributed by atoms with Crippen molar-refractivity contribution in [3.8, 4) is 0 Å². The van der Waals surface area contributed by atoms with Gasteiger partial charge in [-0.1, -0.05) is 0 Å². The van der Waals surface area contributed by atoms with Crippen LogP contribution in [0.3, 0.4) is 0 Å². The molecule has 102 valence electrons. The molecule has 5 heteroatoms. The van der Waals surface area contributed by atoms with Crippen LogP contribution in [0.25, 0.3) is 11.2 Å². The van der Waals surface area contributed by atoms with Gasteiger partial charge in [0, 0.05) is 25.3 Å². The van der Waals surface area contributed by atoms with Crippen molar-refractivity contribution in [2.45, 2.75) is 38.2 Å². The van der Waals surface area contributed by atoms with E-state index in [4.69, 9.17) is 11.6 Å². The third-order valence-corrected chi connectivity index (χ3v) is 4.01. The average molecular weight is 279 g/mol. The molecule has 1 aliphatic carbocycles. The van der Waals surface area contributed by atoms with Crippen LogP contribution in [0.1, 0.15) is 24.2 Å². The van der Waals surface area contributed by atoms with Crippen LogP contribution in [0, 0.1) is 6.92 Å². The Morgan fingerprint density at radius 3 is 2.95 bits per heavy atom. The third-order valence-electron chi connectivity index (χ3n) is 3.77. The molecule has 1 fully saturated rings. The summed E-state index contributed by atoms with van der Waals surface area (Å²) in [6.45, 7) is 3.96. The summed E-state index contributed by atoms with van der Waals surface area (Å²) in [5, 5.41) is 0. The zero-order valence-corrected chi connectivity index (χ0v) is 12.2. The fraction of sp³-hybridized carbons (Fsp3) is 0.571. The summed E-state index contributed by atoms with van der Waals surface area (Å²) in [6.07, 6.45) is 4.56. The number of pyridine rings is 1. The van der Waals surface area contributed by atoms with Gasteiger partial charge in [0.05, 0.1) is 5.88 Å². The first kappa shape index (κ1) is 12.9. The van der Waals surface area contributed by atoms with Crippen molar-refractivity contribution in [1.82, 2.24) is 19.4 Å². The number of aryl methyl sites for hydroxylation is 1. The smallest absolute Gasteiger partial charge is 0.160 e. The van der Waals surface area contributed by atoms with Gasteiger partial charge in [-0.3, -0.25) is 0 Å². The van der Waals surface area contributed by atoms with Crippen molar-refractivity contribution in [3.63, 3.8) is 0 Å². The number of aromatic nitrogens is 3. The average Bonchev–Trinajstić information content (AvgIpc) is 3.18. The predicted molar refractivity (Wildman–Crippen MR) is 77.5 cm³/mol. The van der Waals surface area contributed by atoms with E-state index in [2.05, 4.69) is 32.5 Å². The first-order valence-corrected chi connectivity index (χ1v) is 7.30. The van der Waals surface area contributed by atoms with Crippen molar-refractivity contribution >= 4 is 22.8 Å². The Hall–Kier alpha value is -1.13. The third kappa shape index (κ3) is 2.60. The lowest BCUT2D eigenvalue weighted by Gasteiger charge is -2.16. The minimum absolute atomic E-state index is 0.433. The Balaban J connectivity index is 1.87. The van der Waals surface area contributed by atoms with E-state index in [0.29, 0.717) is 5.88 Å². The Labute approximate surface area is 118 Å². The van der Waals surface area contributed by atoms with Gasteiger partial charge >= 0.3 is 0 Å². The summed E-state index contributed by atoms with van der Waals surface area (Å²) in [4.78, 5) is 11.5. The number of imidazole rings is 1. The maximum Gasteiger partial charge on any atom is 0.160 e. The van der Waals surface area contributed by atoms with Crippen molar-refractivity contribution in [3.05, 3.63) is 23.7 Å². The predicted octanol–water partition coefficient (Wildman–Crippen LogP) is 2.57. The summed E-state index contributed by atoms with van der Waals surface area (Å²) >= 11 is 6.01. The van der Waals surface area contributed by atoms with Crippen LogP contribution < -0.4 is 0 Å². The van der Waals surface area contributed by atoms with Gasteiger partial charge < -0.3 is 9.47 Å². The lowest BCUT2D eigenvalue weighted by atomic mass is 10.3. The molecule has 0 atom stereocenters. The number of hydrogen-bond donors (Lipinski definition) is 0. The van der Waals surface area contributed by atoms with Crippen molar-refractivity contribution < 1.29 is 0 Å². The fourth-order valence-electron chi connectivity index (χ4n) is 2.45. The number of alkyl halides is 1. The van der Waals surface area contributed by atoms with Crippen LogP contribution >= 0.6 is 11.6 Å². The Morgan fingerprint density at radius 1 is 1.47 bits per heavy atom. The van der Waals surface area contributed by atoms with E-state index in [1.54, 1.807) is 0 Å². The molecule has 2 aromatic rings. The van der Waals surface area contributed by atoms with E-state index in [-0.39, 0.29) is 0 Å². The molecule has 0 spiro atoms. The zero-order valence-electron chi connectivity index (χ0n) is 11.4. The number of halogens is 1. The van der Waals surface area contributed by atoms with Crippen molar-refractivity contribution in [2.75, 3.05) is 13.6 Å². The molecule has 0 N–H and O–H groups in total. The van der Waals surface area contributed by atoms with E-state index >= 15 is 0 Å². The molecule has 0 bridgehead atoms. The zero-order chi connectivity index (χ0) is 13.4. The van der Waals surface area contributed by atoms with E-state index < -0.39 is 0 Å². The summed E-state index contributed by atoms with van der Waals surface area (Å²) < 4.78 is 2.15. The van der Waals surface area contributed by atoms with Crippen LogP contribution in [0.4, 0.5) is 0 Å². The summed E-state index contributed by atoms with van der Waals surface area (Å²) in [5.74, 6) is 1.35. The van der Waals surface area contributed by atoms with Gasteiger partial charge in [-0.05, 0) is 38.4 Å². The second kappa shape index (κ2) is 5.10. The van der Waals surface area contributed by atoms with Gasteiger partial charge in [-0.25, -0.2) is 9.97 Å². The van der Waals surface area contributed by atoms with Gasteiger partial charge in [0.15, 0.2) is 5.65 Å². The molecule has 0 saturated heterocycles. The van der Waals surface area contributed by atoms with Gasteiger partial charge in [-0.2, -0.15) is 0 Å². The SMILES string of the molecule is Cc1cnc2c(c1)nc(CCl)n2CCN(C)C1CC1. The first-order chi connectivity index (χ1) is 9.19. The Morgan fingerprint density at radius 2 is 2.26 bits per heavy atom. The van der Waals surface area contributed by atoms with E-state index in [1.165, 1.54) is 12.8 Å². The van der Waals surface area contributed by atoms with Gasteiger partial charge in [0.1, 0.15) is 11.3 Å². The molecule has 0 aliphatic heterocycles. The highest BCUT2D eigenvalue weighted by Crippen LogP contribution is 2.25. The quantitative estimate of drug-likeness (QED) is 0.789. The maximum absolute atomic E-state index is 6.01. The molecule has 2 aromatic heterocycles. The summed E-state index contributed by atoms with van der Waals surface area (Å²) in [7, 11) is 2.19. The molecule has 0 amide bonds. The van der Waals surface area contributed by atoms with E-state index in [1.807, 2.05) is 13.1 Å². The second-order valence-corrected chi connectivity index (χ2v) is 5.65. The van der Waals surface area contributed by atoms with Crippen LogP contribution in [-0.4, -0.2) is 39.1 Å². The molecular weight excluding hydrogens is 260 g/mol. The van der Waals surface area contributed by atoms with E-state index in [9.17, 15) is 0 Å². The van der Waals surface area contributed by atoms with Crippen molar-refractivity contribution in [1.29, 1.82) is 0 Å². The summed E-state index contributed by atoms with van der Waals surface area (Å²) in [6, 6.07) is 2.85. The highest BCUT2D eigenvalue weighted by Gasteiger charge is 2.25. The minimum Gasteiger partial charge on any atom is -0.310 e. The van der Waals surface area contributed by atoms with Crippen LogP contribution in [0.15, 0.2) is 12.3 Å². The molecule has 1 saturated carbocycles. The molecular formula is C14H19ClN4. The minimum atomic E-state index is 0.433. The molecule has 19 heavy (non-hydrogen) atoms. The van der Waals surface area contributed by atoms with E-state index in [0.717, 1.165) is 41.7 Å². The Bertz CT molecular complexity index is 588. The van der Waals surface area contributed by atoms with Gasteiger partial charge in [-0.15, -0.1) is 11.6 Å². The lowest BCUT2D eigenvalue weighted by molar-refractivity contribution is 0.309. The molecule has 1 aliphatic rings. The van der Waals surface area contributed by atoms with Crippen molar-refractivity contribution in [2.24, 2.45) is 0 Å². The van der Waals surface area contributed by atoms with Crippen LogP contribution in [0.5, 0.6) is 0 Å². The molecule has 3 rings (SSSR count). The highest BCUT2D eigenvalue weighted by atomic mass is 35.5. The largest absolute Gasteiger partial charge is 0.310 e. The standard InChI is InChI=1S/C14H19ClN4/c1-10-7-12-14(16-9-10)19(13(8-15)17-12)6-5-18(2)11-3-4-11/h7,9,11H,3-6,8H2,1-2H3. The van der Waals surface area contributed by atoms with Gasteiger partial charge in [0.25, 0.3) is 0 Å². The molecule has 0 unspecified atom stereocenters. The first-order valence-electron chi connectivity index (χ1n) is 6.77. The molecule has 4 nitrogen and oxygen atoms in total. The number of rotatable bonds is 5. The normalized spacial score (nSPS) is 15.6. The number of likely N-dealkylation sites (N-methyl/N-ethyl adjacent to an activating group) is 1. The van der Waals surface area contributed by atoms with Crippen LogP contribution in [-0.2, 0) is 12.4 Å². The topological polar surface area (TPSA) is 34.0 Å². The highest BCUT2D eigenvalue weighted by molar-refractivity contribution is 6.16. The Kier molecular flexibility index (Phi) is 3.46. The number of nitrogens with zero attached hydrogens (tertiary/aromatic N) is 4. The maximum atomic E-state index is 6.01. The van der Waals surface area contributed by atoms with Crippen LogP contribution in [0.2, 0.25) is 0 Å². The molecule has 2 heterocycles. The molecule has 0 radical (unpaired) electrons. The number of hydrogen-bond acceptors (Lipinski definition) is 3. The second-order valence-electron chi connectivity index (χ2n) is 5.38. The summed E-state index contributed by atoms with van der Waals surface area (Å²) in [5.41, 5.74) is 3.03. The molecule has 0 aromatic carbocycles. The fourth-order valence-corrected chi connectivity index (χ4v) is 2.66. The lowest BCUT2D eigenvalue weighted by Crippen LogP contribution is -2.25. The monoisotopic (exact) mass is 278 g/mol. The number of fused-ring (bicyclic) bond motifs is 1. The van der Waals surface area contributed by atoms with Gasteiger partial charge in [0.2, 0.25) is 0 Å².